The second-order valence-corrected chi connectivity index (χ2v) is 5.98. The van der Waals surface area contributed by atoms with Crippen LogP contribution in [-0.4, -0.2) is 62.6 Å². The molecule has 0 saturated carbocycles. The lowest BCUT2D eigenvalue weighted by Gasteiger charge is -2.42. The first-order valence-corrected chi connectivity index (χ1v) is 9.02. The van der Waals surface area contributed by atoms with E-state index in [1.807, 2.05) is 12.1 Å². The second-order valence-electron chi connectivity index (χ2n) is 5.98. The number of carbonyl (C=O) groups excluding carboxylic acids is 1. The van der Waals surface area contributed by atoms with Crippen LogP contribution in [0, 0.1) is 0 Å². The number of nitrogens with zero attached hydrogens (tertiary/aromatic N) is 1. The lowest BCUT2D eigenvalue weighted by molar-refractivity contribution is -0.0718. The van der Waals surface area contributed by atoms with Crippen LogP contribution in [0.25, 0.3) is 0 Å². The molecule has 2 fully saturated rings. The van der Waals surface area contributed by atoms with E-state index in [2.05, 4.69) is 28.9 Å². The van der Waals surface area contributed by atoms with Gasteiger partial charge in [0.1, 0.15) is 0 Å². The average Bonchev–Trinajstić information content (AvgIpc) is 2.63. The minimum absolute atomic E-state index is 0.114. The Labute approximate surface area is 142 Å². The number of cyclic esters (lactones) is 1. The molecule has 5 nitrogen and oxygen atoms in total. The first-order valence-electron chi connectivity index (χ1n) is 8.12. The van der Waals surface area contributed by atoms with Crippen LogP contribution in [0.4, 0.5) is 0 Å². The Morgan fingerprint density at radius 3 is 3.09 bits per heavy atom. The monoisotopic (exact) mass is 336 g/mol. The largest absolute Gasteiger partial charge is 0.462 e. The van der Waals surface area contributed by atoms with E-state index < -0.39 is 0 Å². The molecule has 2 saturated heterocycles. The third-order valence-corrected chi connectivity index (χ3v) is 4.69. The SMILES string of the molecule is CS.O=C1OCCc2cc([C@@H]3CN4CCNC[C@H]4CO3)ccc21. The summed E-state index contributed by atoms with van der Waals surface area (Å²) in [5.41, 5.74) is 2.98. The molecule has 1 aromatic rings. The van der Waals surface area contributed by atoms with Gasteiger partial charge in [0.2, 0.25) is 0 Å². The van der Waals surface area contributed by atoms with Gasteiger partial charge in [-0.3, -0.25) is 4.90 Å². The van der Waals surface area contributed by atoms with Crippen LogP contribution in [-0.2, 0) is 15.9 Å². The highest BCUT2D eigenvalue weighted by molar-refractivity contribution is 7.79. The molecule has 3 heterocycles. The van der Waals surface area contributed by atoms with Crippen molar-refractivity contribution in [3.05, 3.63) is 34.9 Å². The first kappa shape index (κ1) is 16.8. The topological polar surface area (TPSA) is 50.8 Å². The highest BCUT2D eigenvalue weighted by Crippen LogP contribution is 2.28. The van der Waals surface area contributed by atoms with Gasteiger partial charge in [-0.15, -0.1) is 0 Å². The van der Waals surface area contributed by atoms with E-state index in [-0.39, 0.29) is 12.1 Å². The van der Waals surface area contributed by atoms with Gasteiger partial charge in [0.25, 0.3) is 0 Å². The fourth-order valence-corrected chi connectivity index (χ4v) is 3.45. The van der Waals surface area contributed by atoms with Crippen LogP contribution < -0.4 is 5.32 Å². The Kier molecular flexibility index (Phi) is 5.58. The number of morpholine rings is 1. The smallest absolute Gasteiger partial charge is 0.338 e. The number of benzene rings is 1. The highest BCUT2D eigenvalue weighted by atomic mass is 32.1. The molecule has 23 heavy (non-hydrogen) atoms. The minimum atomic E-state index is -0.200. The maximum atomic E-state index is 11.7. The fourth-order valence-electron chi connectivity index (χ4n) is 3.45. The van der Waals surface area contributed by atoms with E-state index in [0.29, 0.717) is 18.2 Å². The molecule has 1 aromatic carbocycles. The molecule has 3 aliphatic rings. The second kappa shape index (κ2) is 7.66. The molecule has 0 aromatic heterocycles. The van der Waals surface area contributed by atoms with Crippen LogP contribution in [0.15, 0.2) is 18.2 Å². The number of fused-ring (bicyclic) bond motifs is 2. The minimum Gasteiger partial charge on any atom is -0.462 e. The van der Waals surface area contributed by atoms with Crippen LogP contribution in [0.1, 0.15) is 27.6 Å². The van der Waals surface area contributed by atoms with E-state index in [0.717, 1.165) is 44.8 Å². The van der Waals surface area contributed by atoms with Gasteiger partial charge in [0.05, 0.1) is 24.9 Å². The summed E-state index contributed by atoms with van der Waals surface area (Å²) >= 11 is 3.53. The summed E-state index contributed by atoms with van der Waals surface area (Å²) < 4.78 is 11.1. The summed E-state index contributed by atoms with van der Waals surface area (Å²) in [6, 6.07) is 6.53. The van der Waals surface area contributed by atoms with Gasteiger partial charge in [-0.1, -0.05) is 12.1 Å². The van der Waals surface area contributed by atoms with Crippen molar-refractivity contribution in [3.63, 3.8) is 0 Å². The number of piperazine rings is 1. The molecule has 2 atom stereocenters. The maximum absolute atomic E-state index is 11.7. The fraction of sp³-hybridized carbons (Fsp3) is 0.588. The van der Waals surface area contributed by atoms with Gasteiger partial charge in [-0.2, -0.15) is 12.6 Å². The number of rotatable bonds is 1. The summed E-state index contributed by atoms with van der Waals surface area (Å²) in [7, 11) is 0. The third-order valence-electron chi connectivity index (χ3n) is 4.69. The molecule has 0 radical (unpaired) electrons. The number of carbonyl (C=O) groups is 1. The summed E-state index contributed by atoms with van der Waals surface area (Å²) in [4.78, 5) is 14.2. The van der Waals surface area contributed by atoms with Crippen molar-refractivity contribution in [1.82, 2.24) is 10.2 Å². The van der Waals surface area contributed by atoms with Crippen LogP contribution >= 0.6 is 12.6 Å². The van der Waals surface area contributed by atoms with Crippen LogP contribution in [0.5, 0.6) is 0 Å². The number of esters is 1. The van der Waals surface area contributed by atoms with Crippen molar-refractivity contribution in [2.75, 3.05) is 45.6 Å². The average molecular weight is 336 g/mol. The molecule has 1 N–H and O–H groups in total. The molecule has 0 unspecified atom stereocenters. The zero-order valence-corrected chi connectivity index (χ0v) is 14.4. The quantitative estimate of drug-likeness (QED) is 0.598. The molecule has 0 aliphatic carbocycles. The van der Waals surface area contributed by atoms with E-state index >= 15 is 0 Å². The maximum Gasteiger partial charge on any atom is 0.338 e. The van der Waals surface area contributed by atoms with Gasteiger partial charge in [0, 0.05) is 38.6 Å². The Bertz CT molecular complexity index is 567. The summed E-state index contributed by atoms with van der Waals surface area (Å²) in [6.45, 7) is 5.36. The van der Waals surface area contributed by atoms with Gasteiger partial charge in [0.15, 0.2) is 0 Å². The molecule has 3 aliphatic heterocycles. The predicted octanol–water partition coefficient (Wildman–Crippen LogP) is 1.29. The van der Waals surface area contributed by atoms with E-state index in [4.69, 9.17) is 9.47 Å². The number of thiol groups is 1. The number of nitrogens with one attached hydrogen (secondary N) is 1. The Balaban J connectivity index is 0.000000753. The number of hydrogen-bond acceptors (Lipinski definition) is 6. The third kappa shape index (κ3) is 3.55. The lowest BCUT2D eigenvalue weighted by Crippen LogP contribution is -2.57. The summed E-state index contributed by atoms with van der Waals surface area (Å²) in [5.74, 6) is -0.200. The molecule has 4 rings (SSSR count). The lowest BCUT2D eigenvalue weighted by atomic mass is 9.96. The Morgan fingerprint density at radius 1 is 1.35 bits per heavy atom. The molecular formula is C17H24N2O3S. The predicted molar refractivity (Wildman–Crippen MR) is 92.3 cm³/mol. The molecule has 126 valence electrons. The van der Waals surface area contributed by atoms with Gasteiger partial charge in [-0.25, -0.2) is 4.79 Å². The standard InChI is InChI=1S/C16H20N2O3.CH4S/c19-16-14-2-1-12(7-11(14)3-6-20-16)15-9-18-5-4-17-8-13(18)10-21-15;1-2/h1-2,7,13,15,17H,3-6,8-10H2;2H,1H3/t13-,15-;/m0./s1. The summed E-state index contributed by atoms with van der Waals surface area (Å²) in [5, 5.41) is 3.41. The first-order chi connectivity index (χ1) is 11.3. The Morgan fingerprint density at radius 2 is 2.22 bits per heavy atom. The van der Waals surface area contributed by atoms with Crippen molar-refractivity contribution in [2.24, 2.45) is 0 Å². The molecular weight excluding hydrogens is 312 g/mol. The van der Waals surface area contributed by atoms with Crippen molar-refractivity contribution in [2.45, 2.75) is 18.6 Å². The zero-order valence-electron chi connectivity index (χ0n) is 13.5. The van der Waals surface area contributed by atoms with E-state index in [9.17, 15) is 4.79 Å². The Hall–Kier alpha value is -1.08. The summed E-state index contributed by atoms with van der Waals surface area (Å²) in [6.07, 6.45) is 2.61. The van der Waals surface area contributed by atoms with Crippen molar-refractivity contribution < 1.29 is 14.3 Å². The van der Waals surface area contributed by atoms with Crippen molar-refractivity contribution >= 4 is 18.6 Å². The number of hydrogen-bond donors (Lipinski definition) is 2. The molecule has 0 amide bonds. The van der Waals surface area contributed by atoms with Crippen molar-refractivity contribution in [1.29, 1.82) is 0 Å². The van der Waals surface area contributed by atoms with E-state index in [1.165, 1.54) is 5.56 Å². The normalized spacial score (nSPS) is 27.1. The molecule has 6 heteroatoms. The zero-order chi connectivity index (χ0) is 16.2. The van der Waals surface area contributed by atoms with Gasteiger partial charge >= 0.3 is 5.97 Å². The highest BCUT2D eigenvalue weighted by Gasteiger charge is 2.32. The van der Waals surface area contributed by atoms with Crippen LogP contribution in [0.3, 0.4) is 0 Å². The molecule has 0 bridgehead atoms. The van der Waals surface area contributed by atoms with Crippen LogP contribution in [0.2, 0.25) is 0 Å². The molecule has 0 spiro atoms. The van der Waals surface area contributed by atoms with Gasteiger partial charge in [-0.05, 0) is 23.4 Å². The van der Waals surface area contributed by atoms with Crippen molar-refractivity contribution in [3.8, 4) is 0 Å². The number of ether oxygens (including phenoxy) is 2. The van der Waals surface area contributed by atoms with E-state index in [1.54, 1.807) is 6.26 Å². The van der Waals surface area contributed by atoms with Gasteiger partial charge < -0.3 is 14.8 Å².